The van der Waals surface area contributed by atoms with E-state index in [0.717, 1.165) is 46.6 Å². The van der Waals surface area contributed by atoms with Gasteiger partial charge in [0.25, 0.3) is 0 Å². The van der Waals surface area contributed by atoms with Crippen molar-refractivity contribution in [1.82, 2.24) is 9.96 Å². The van der Waals surface area contributed by atoms with E-state index < -0.39 is 16.5 Å². The van der Waals surface area contributed by atoms with Gasteiger partial charge in [-0.25, -0.2) is 0 Å². The van der Waals surface area contributed by atoms with Crippen LogP contribution in [0.15, 0.2) is 0 Å². The molecule has 0 saturated heterocycles. The van der Waals surface area contributed by atoms with Crippen LogP contribution in [0, 0.1) is 35.5 Å². The molecule has 4 aliphatic carbocycles. The summed E-state index contributed by atoms with van der Waals surface area (Å²) in [7, 11) is -2.97. The quantitative estimate of drug-likeness (QED) is 0.200. The lowest BCUT2D eigenvalue weighted by atomic mass is 9.82. The summed E-state index contributed by atoms with van der Waals surface area (Å²) in [4.78, 5) is 8.47. The minimum absolute atomic E-state index is 0.251. The maximum atomic E-state index is 4.24. The first-order chi connectivity index (χ1) is 18.1. The number of unbranched alkanes of at least 4 members (excludes halogenated alkanes) is 2. The largest absolute Gasteiger partial charge is 0.332 e. The molecule has 4 saturated carbocycles. The fourth-order valence-corrected chi connectivity index (χ4v) is 21.9. The second-order valence-electron chi connectivity index (χ2n) is 18.3. The molecule has 228 valence electrons. The Morgan fingerprint density at radius 1 is 0.538 bits per heavy atom. The molecule has 8 unspecified atom stereocenters. The summed E-state index contributed by atoms with van der Waals surface area (Å²) in [5, 5.41) is 0. The first kappa shape index (κ1) is 32.3. The number of fused-ring (bicyclic) bond motifs is 2. The molecule has 0 bridgehead atoms. The molecule has 0 radical (unpaired) electrons. The molecule has 4 fully saturated rings. The second-order valence-corrected chi connectivity index (χ2v) is 27.0. The molecule has 8 atom stereocenters. The van der Waals surface area contributed by atoms with Crippen molar-refractivity contribution in [1.29, 1.82) is 0 Å². The van der Waals surface area contributed by atoms with Gasteiger partial charge in [0.05, 0.1) is 0 Å². The van der Waals surface area contributed by atoms with Gasteiger partial charge in [-0.2, -0.15) is 0 Å². The van der Waals surface area contributed by atoms with Crippen molar-refractivity contribution in [3.63, 3.8) is 0 Å². The van der Waals surface area contributed by atoms with Crippen LogP contribution in [-0.4, -0.2) is 27.5 Å². The molecule has 0 heterocycles. The zero-order valence-electron chi connectivity index (χ0n) is 28.2. The minimum Gasteiger partial charge on any atom is -0.332 e. The average Bonchev–Trinajstić information content (AvgIpc) is 3.34. The Labute approximate surface area is 247 Å². The Morgan fingerprint density at radius 2 is 0.897 bits per heavy atom. The SMILES string of the molecule is CC(C)(C)N[Si](C)(C)C1C(CCCCCC2CC3CCCCC3C2[Si](C)(C)NC(C)(C)C)CC2CCCCC21. The Kier molecular flexibility index (Phi) is 10.4. The summed E-state index contributed by atoms with van der Waals surface area (Å²) < 4.78 is 0. The van der Waals surface area contributed by atoms with E-state index in [-0.39, 0.29) is 11.1 Å². The average molecular weight is 575 g/mol. The van der Waals surface area contributed by atoms with Crippen molar-refractivity contribution in [3.8, 4) is 0 Å². The maximum absolute atomic E-state index is 4.24. The van der Waals surface area contributed by atoms with Gasteiger partial charge < -0.3 is 9.96 Å². The van der Waals surface area contributed by atoms with Crippen LogP contribution in [0.25, 0.3) is 0 Å². The van der Waals surface area contributed by atoms with Crippen LogP contribution in [0.1, 0.15) is 138 Å². The maximum Gasteiger partial charge on any atom is 0.123 e. The van der Waals surface area contributed by atoms with Crippen LogP contribution in [0.5, 0.6) is 0 Å². The third-order valence-corrected chi connectivity index (χ3v) is 19.7. The molecule has 2 N–H and O–H groups in total. The third kappa shape index (κ3) is 8.26. The van der Waals surface area contributed by atoms with Gasteiger partial charge in [0.1, 0.15) is 16.5 Å². The van der Waals surface area contributed by atoms with Gasteiger partial charge >= 0.3 is 0 Å². The number of hydrogen-bond acceptors (Lipinski definition) is 2. The molecule has 0 aromatic rings. The summed E-state index contributed by atoms with van der Waals surface area (Å²) in [6.45, 7) is 25.1. The Bertz CT molecular complexity index is 714. The van der Waals surface area contributed by atoms with Crippen molar-refractivity contribution in [3.05, 3.63) is 0 Å². The van der Waals surface area contributed by atoms with Gasteiger partial charge in [-0.1, -0.05) is 110 Å². The van der Waals surface area contributed by atoms with E-state index >= 15 is 0 Å². The standard InChI is InChI=1S/C35H70N2Si2/c1-34(2,3)36-38(7,8)32-28(24-26-18-14-16-22-30(26)32)20-12-11-13-21-29-25-27-19-15-17-23-31(27)33(29)39(9,10)37-35(4,5)6/h26-33,36-37H,11-25H2,1-10H3. The minimum atomic E-state index is -1.49. The number of nitrogens with one attached hydrogen (secondary N) is 2. The Hall–Kier alpha value is 0.354. The molecule has 4 rings (SSSR count). The molecule has 39 heavy (non-hydrogen) atoms. The number of rotatable bonds is 10. The van der Waals surface area contributed by atoms with E-state index in [0.29, 0.717) is 0 Å². The normalized spacial score (nSPS) is 36.2. The molecular weight excluding hydrogens is 505 g/mol. The topological polar surface area (TPSA) is 24.1 Å². The fraction of sp³-hybridized carbons (Fsp3) is 1.00. The zero-order chi connectivity index (χ0) is 28.6. The van der Waals surface area contributed by atoms with Gasteiger partial charge in [-0.15, -0.1) is 0 Å². The molecule has 4 heteroatoms. The van der Waals surface area contributed by atoms with E-state index in [2.05, 4.69) is 77.7 Å². The fourth-order valence-electron chi connectivity index (χ4n) is 11.7. The molecular formula is C35H70N2Si2. The highest BCUT2D eigenvalue weighted by atomic mass is 28.3. The predicted octanol–water partition coefficient (Wildman–Crippen LogP) is 10.5. The van der Waals surface area contributed by atoms with Gasteiger partial charge in [0.2, 0.25) is 0 Å². The van der Waals surface area contributed by atoms with Crippen molar-refractivity contribution in [2.24, 2.45) is 35.5 Å². The molecule has 4 aliphatic rings. The van der Waals surface area contributed by atoms with E-state index in [9.17, 15) is 0 Å². The van der Waals surface area contributed by atoms with Crippen LogP contribution in [0.2, 0.25) is 37.3 Å². The Balaban J connectivity index is 1.34. The summed E-state index contributed by atoms with van der Waals surface area (Å²) >= 11 is 0. The molecule has 0 spiro atoms. The van der Waals surface area contributed by atoms with Crippen LogP contribution >= 0.6 is 0 Å². The van der Waals surface area contributed by atoms with Crippen molar-refractivity contribution >= 4 is 16.5 Å². The van der Waals surface area contributed by atoms with Gasteiger partial charge in [0.15, 0.2) is 0 Å². The summed E-state index contributed by atoms with van der Waals surface area (Å²) in [6.07, 6.45) is 22.8. The molecule has 0 amide bonds. The molecule has 0 aromatic heterocycles. The second kappa shape index (κ2) is 12.5. The van der Waals surface area contributed by atoms with Gasteiger partial charge in [0, 0.05) is 11.1 Å². The number of hydrogen-bond donors (Lipinski definition) is 2. The van der Waals surface area contributed by atoms with Crippen LogP contribution in [-0.2, 0) is 0 Å². The van der Waals surface area contributed by atoms with E-state index in [1.165, 1.54) is 83.5 Å². The Morgan fingerprint density at radius 3 is 1.26 bits per heavy atom. The third-order valence-electron chi connectivity index (χ3n) is 11.8. The predicted molar refractivity (Wildman–Crippen MR) is 178 cm³/mol. The van der Waals surface area contributed by atoms with Crippen LogP contribution in [0.4, 0.5) is 0 Å². The summed E-state index contributed by atoms with van der Waals surface area (Å²) in [5.74, 6) is 6.16. The highest BCUT2D eigenvalue weighted by Gasteiger charge is 2.53. The molecule has 2 nitrogen and oxygen atoms in total. The van der Waals surface area contributed by atoms with Crippen LogP contribution in [0.3, 0.4) is 0 Å². The van der Waals surface area contributed by atoms with Crippen molar-refractivity contribution in [2.45, 2.75) is 186 Å². The van der Waals surface area contributed by atoms with E-state index in [1.54, 1.807) is 12.8 Å². The first-order valence-corrected chi connectivity index (χ1v) is 23.8. The van der Waals surface area contributed by atoms with Crippen molar-refractivity contribution < 1.29 is 0 Å². The highest BCUT2D eigenvalue weighted by molar-refractivity contribution is 6.77. The molecule has 0 aliphatic heterocycles. The van der Waals surface area contributed by atoms with Crippen molar-refractivity contribution in [2.75, 3.05) is 0 Å². The van der Waals surface area contributed by atoms with Crippen LogP contribution < -0.4 is 9.96 Å². The summed E-state index contributed by atoms with van der Waals surface area (Å²) in [6, 6.07) is 0. The summed E-state index contributed by atoms with van der Waals surface area (Å²) in [5.41, 5.74) is 2.50. The zero-order valence-corrected chi connectivity index (χ0v) is 30.2. The highest BCUT2D eigenvalue weighted by Crippen LogP contribution is 2.58. The molecule has 0 aromatic carbocycles. The lowest BCUT2D eigenvalue weighted by Gasteiger charge is -2.44. The van der Waals surface area contributed by atoms with E-state index in [1.807, 2.05) is 0 Å². The van der Waals surface area contributed by atoms with Gasteiger partial charge in [-0.05, 0) is 101 Å². The smallest absolute Gasteiger partial charge is 0.123 e. The van der Waals surface area contributed by atoms with Gasteiger partial charge in [-0.3, -0.25) is 0 Å². The monoisotopic (exact) mass is 575 g/mol. The first-order valence-electron chi connectivity index (χ1n) is 17.7. The lowest BCUT2D eigenvalue weighted by Crippen LogP contribution is -2.59. The van der Waals surface area contributed by atoms with E-state index in [4.69, 9.17) is 0 Å². The lowest BCUT2D eigenvalue weighted by molar-refractivity contribution is 0.273.